The molecule has 1 rings (SSSR count). The number of ketones is 1. The van der Waals surface area contributed by atoms with Crippen molar-refractivity contribution in [2.24, 2.45) is 17.8 Å². The Labute approximate surface area is 115 Å². The van der Waals surface area contributed by atoms with Crippen molar-refractivity contribution in [3.63, 3.8) is 0 Å². The summed E-state index contributed by atoms with van der Waals surface area (Å²) < 4.78 is 4.94. The summed E-state index contributed by atoms with van der Waals surface area (Å²) in [7, 11) is 0. The third kappa shape index (κ3) is 4.05. The lowest BCUT2D eigenvalue weighted by Gasteiger charge is -2.33. The lowest BCUT2D eigenvalue weighted by atomic mass is 9.70. The maximum Gasteiger partial charge on any atom is 0.333 e. The number of allylic oxidation sites excluding steroid dienone is 1. The molecule has 1 saturated carbocycles. The molecule has 0 aromatic rings. The highest BCUT2D eigenvalue weighted by molar-refractivity contribution is 5.88. The van der Waals surface area contributed by atoms with Gasteiger partial charge in [-0.1, -0.05) is 25.7 Å². The SMILES string of the molecule is C=C(C[C@@H]1C[C@@H](C(=C)C)CC(=O)[C@@H]1C)C(=O)OCC. The van der Waals surface area contributed by atoms with Gasteiger partial charge in [0.25, 0.3) is 0 Å². The van der Waals surface area contributed by atoms with E-state index < -0.39 is 0 Å². The van der Waals surface area contributed by atoms with Gasteiger partial charge < -0.3 is 4.74 Å². The van der Waals surface area contributed by atoms with E-state index in [1.54, 1.807) is 6.92 Å². The van der Waals surface area contributed by atoms with Gasteiger partial charge in [-0.15, -0.1) is 0 Å². The zero-order chi connectivity index (χ0) is 14.6. The fourth-order valence-electron chi connectivity index (χ4n) is 2.61. The van der Waals surface area contributed by atoms with Crippen molar-refractivity contribution < 1.29 is 14.3 Å². The summed E-state index contributed by atoms with van der Waals surface area (Å²) in [4.78, 5) is 23.6. The van der Waals surface area contributed by atoms with Crippen LogP contribution in [0.2, 0.25) is 0 Å². The van der Waals surface area contributed by atoms with Crippen LogP contribution in [0.1, 0.15) is 40.0 Å². The van der Waals surface area contributed by atoms with Gasteiger partial charge in [0.2, 0.25) is 0 Å². The predicted molar refractivity (Wildman–Crippen MR) is 75.6 cm³/mol. The highest BCUT2D eigenvalue weighted by Crippen LogP contribution is 2.37. The summed E-state index contributed by atoms with van der Waals surface area (Å²) in [5.74, 6) is 0.311. The second-order valence-electron chi connectivity index (χ2n) is 5.53. The Bertz CT molecular complexity index is 395. The molecule has 0 heterocycles. The summed E-state index contributed by atoms with van der Waals surface area (Å²) >= 11 is 0. The predicted octanol–water partition coefficient (Wildman–Crippen LogP) is 3.30. The Hall–Kier alpha value is -1.38. The normalized spacial score (nSPS) is 26.9. The summed E-state index contributed by atoms with van der Waals surface area (Å²) in [6.45, 7) is 13.8. The number of carbonyl (C=O) groups excluding carboxylic acids is 2. The monoisotopic (exact) mass is 264 g/mol. The second kappa shape index (κ2) is 6.69. The van der Waals surface area contributed by atoms with Gasteiger partial charge in [0.05, 0.1) is 6.61 Å². The van der Waals surface area contributed by atoms with E-state index in [0.717, 1.165) is 12.0 Å². The van der Waals surface area contributed by atoms with Crippen LogP contribution in [0.25, 0.3) is 0 Å². The average molecular weight is 264 g/mol. The van der Waals surface area contributed by atoms with Crippen LogP contribution in [-0.4, -0.2) is 18.4 Å². The van der Waals surface area contributed by atoms with Gasteiger partial charge in [-0.25, -0.2) is 4.79 Å². The first-order valence-electron chi connectivity index (χ1n) is 6.89. The molecule has 3 heteroatoms. The van der Waals surface area contributed by atoms with Gasteiger partial charge in [-0.2, -0.15) is 0 Å². The van der Waals surface area contributed by atoms with Crippen LogP contribution in [0.4, 0.5) is 0 Å². The zero-order valence-corrected chi connectivity index (χ0v) is 12.2. The maximum atomic E-state index is 12.0. The molecule has 0 amide bonds. The first kappa shape index (κ1) is 15.7. The minimum absolute atomic E-state index is 0.0122. The molecule has 3 nitrogen and oxygen atoms in total. The highest BCUT2D eigenvalue weighted by atomic mass is 16.5. The van der Waals surface area contributed by atoms with Crippen molar-refractivity contribution >= 4 is 11.8 Å². The van der Waals surface area contributed by atoms with E-state index in [0.29, 0.717) is 25.0 Å². The Morgan fingerprint density at radius 3 is 2.58 bits per heavy atom. The lowest BCUT2D eigenvalue weighted by molar-refractivity contribution is -0.139. The van der Waals surface area contributed by atoms with Crippen LogP contribution in [0, 0.1) is 17.8 Å². The molecule has 106 valence electrons. The lowest BCUT2D eigenvalue weighted by Crippen LogP contribution is -2.32. The van der Waals surface area contributed by atoms with Gasteiger partial charge in [0.15, 0.2) is 0 Å². The van der Waals surface area contributed by atoms with Crippen molar-refractivity contribution in [3.05, 3.63) is 24.3 Å². The van der Waals surface area contributed by atoms with E-state index in [9.17, 15) is 9.59 Å². The minimum Gasteiger partial charge on any atom is -0.463 e. The Morgan fingerprint density at radius 2 is 2.05 bits per heavy atom. The van der Waals surface area contributed by atoms with Gasteiger partial charge >= 0.3 is 5.97 Å². The highest BCUT2D eigenvalue weighted by Gasteiger charge is 2.34. The van der Waals surface area contributed by atoms with Crippen LogP contribution in [0.15, 0.2) is 24.3 Å². The van der Waals surface area contributed by atoms with Crippen LogP contribution in [0.3, 0.4) is 0 Å². The van der Waals surface area contributed by atoms with E-state index in [1.807, 2.05) is 13.8 Å². The molecule has 0 bridgehead atoms. The molecule has 0 N–H and O–H groups in total. The van der Waals surface area contributed by atoms with E-state index in [4.69, 9.17) is 4.74 Å². The number of Topliss-reactive ketones (excluding diaryl/α,β-unsaturated/α-hetero) is 1. The number of hydrogen-bond donors (Lipinski definition) is 0. The van der Waals surface area contributed by atoms with Crippen molar-refractivity contribution in [1.29, 1.82) is 0 Å². The molecule has 0 radical (unpaired) electrons. The quantitative estimate of drug-likeness (QED) is 0.435. The van der Waals surface area contributed by atoms with Crippen molar-refractivity contribution in [2.45, 2.75) is 40.0 Å². The van der Waals surface area contributed by atoms with E-state index in [-0.39, 0.29) is 29.5 Å². The van der Waals surface area contributed by atoms with Crippen LogP contribution in [-0.2, 0) is 14.3 Å². The van der Waals surface area contributed by atoms with Crippen molar-refractivity contribution in [3.8, 4) is 0 Å². The summed E-state index contributed by atoms with van der Waals surface area (Å²) in [6.07, 6.45) is 2.02. The molecule has 0 saturated heterocycles. The molecule has 0 aromatic carbocycles. The Balaban J connectivity index is 2.69. The minimum atomic E-state index is -0.348. The smallest absolute Gasteiger partial charge is 0.333 e. The van der Waals surface area contributed by atoms with Crippen LogP contribution >= 0.6 is 0 Å². The molecule has 0 unspecified atom stereocenters. The first-order valence-corrected chi connectivity index (χ1v) is 6.89. The molecular formula is C16H24O3. The molecule has 19 heavy (non-hydrogen) atoms. The first-order chi connectivity index (χ1) is 8.86. The Kier molecular flexibility index (Phi) is 5.52. The van der Waals surface area contributed by atoms with Crippen LogP contribution in [0.5, 0.6) is 0 Å². The molecule has 1 aliphatic carbocycles. The number of rotatable bonds is 5. The number of ether oxygens (including phenoxy) is 1. The third-order valence-electron chi connectivity index (χ3n) is 4.02. The summed E-state index contributed by atoms with van der Waals surface area (Å²) in [5, 5.41) is 0. The van der Waals surface area contributed by atoms with Crippen molar-refractivity contribution in [2.75, 3.05) is 6.61 Å². The van der Waals surface area contributed by atoms with Gasteiger partial charge in [0.1, 0.15) is 5.78 Å². The summed E-state index contributed by atoms with van der Waals surface area (Å²) in [6, 6.07) is 0. The van der Waals surface area contributed by atoms with Crippen molar-refractivity contribution in [1.82, 2.24) is 0 Å². The van der Waals surface area contributed by atoms with E-state index in [2.05, 4.69) is 13.2 Å². The second-order valence-corrected chi connectivity index (χ2v) is 5.53. The van der Waals surface area contributed by atoms with E-state index in [1.165, 1.54) is 0 Å². The topological polar surface area (TPSA) is 43.4 Å². The zero-order valence-electron chi connectivity index (χ0n) is 12.2. The number of carbonyl (C=O) groups is 2. The Morgan fingerprint density at radius 1 is 1.42 bits per heavy atom. The molecule has 1 aliphatic rings. The molecule has 3 atom stereocenters. The van der Waals surface area contributed by atoms with Gasteiger partial charge in [-0.3, -0.25) is 4.79 Å². The van der Waals surface area contributed by atoms with E-state index >= 15 is 0 Å². The van der Waals surface area contributed by atoms with Crippen LogP contribution < -0.4 is 0 Å². The third-order valence-corrected chi connectivity index (χ3v) is 4.02. The fourth-order valence-corrected chi connectivity index (χ4v) is 2.61. The molecule has 0 aromatic heterocycles. The summed E-state index contributed by atoms with van der Waals surface area (Å²) in [5.41, 5.74) is 1.51. The molecule has 0 aliphatic heterocycles. The number of hydrogen-bond acceptors (Lipinski definition) is 3. The molecule has 0 spiro atoms. The standard InChI is InChI=1S/C16H24O3/c1-6-19-16(18)11(4)7-14-8-13(10(2)3)9-15(17)12(14)5/h12-14H,2,4,6-9H2,1,3,5H3/t12-,13-,14-/m1/s1. The largest absolute Gasteiger partial charge is 0.463 e. The fraction of sp³-hybridized carbons (Fsp3) is 0.625. The average Bonchev–Trinajstić information content (AvgIpc) is 2.34. The number of esters is 1. The van der Waals surface area contributed by atoms with Gasteiger partial charge in [-0.05, 0) is 38.5 Å². The molecule has 1 fully saturated rings. The van der Waals surface area contributed by atoms with Gasteiger partial charge in [0, 0.05) is 17.9 Å². The molecular weight excluding hydrogens is 240 g/mol. The maximum absolute atomic E-state index is 12.0.